The van der Waals surface area contributed by atoms with Crippen LogP contribution in [0, 0.1) is 0 Å². The zero-order valence-corrected chi connectivity index (χ0v) is 14.7. The number of rotatable bonds is 13. The highest BCUT2D eigenvalue weighted by molar-refractivity contribution is 5.94. The number of aliphatic hydroxyl groups is 1. The SMILES string of the molecule is NC(=O)CC(N)C(=O)NC(CO)C(=O)NC(CCC(=O)O)C(=O)NCC(=O)O. The van der Waals surface area contributed by atoms with Crippen molar-refractivity contribution in [2.24, 2.45) is 11.5 Å². The van der Waals surface area contributed by atoms with E-state index >= 15 is 0 Å². The number of carbonyl (C=O) groups is 6. The lowest BCUT2D eigenvalue weighted by molar-refractivity contribution is -0.140. The van der Waals surface area contributed by atoms with Gasteiger partial charge in [-0.05, 0) is 6.42 Å². The molecule has 0 saturated heterocycles. The molecule has 0 aromatic carbocycles. The minimum Gasteiger partial charge on any atom is -0.481 e. The predicted molar refractivity (Wildman–Crippen MR) is 90.2 cm³/mol. The number of amides is 4. The molecule has 0 bridgehead atoms. The van der Waals surface area contributed by atoms with Crippen LogP contribution in [0.1, 0.15) is 19.3 Å². The van der Waals surface area contributed by atoms with E-state index in [1.807, 2.05) is 5.32 Å². The van der Waals surface area contributed by atoms with E-state index in [0.29, 0.717) is 0 Å². The van der Waals surface area contributed by atoms with Gasteiger partial charge in [-0.1, -0.05) is 0 Å². The van der Waals surface area contributed by atoms with Gasteiger partial charge >= 0.3 is 11.9 Å². The van der Waals surface area contributed by atoms with Crippen LogP contribution in [0.25, 0.3) is 0 Å². The molecule has 0 fully saturated rings. The number of nitrogens with one attached hydrogen (secondary N) is 3. The van der Waals surface area contributed by atoms with Gasteiger partial charge in [-0.25, -0.2) is 0 Å². The number of aliphatic hydroxyl groups excluding tert-OH is 1. The third-order valence-corrected chi connectivity index (χ3v) is 3.27. The molecule has 14 nitrogen and oxygen atoms in total. The number of carboxylic acids is 2. The minimum absolute atomic E-state index is 0.375. The highest BCUT2D eigenvalue weighted by atomic mass is 16.4. The zero-order chi connectivity index (χ0) is 21.9. The Hall–Kier alpha value is -3.26. The molecular weight excluding hydrogens is 382 g/mol. The van der Waals surface area contributed by atoms with Crippen LogP contribution in [0.4, 0.5) is 0 Å². The Labute approximate surface area is 158 Å². The maximum atomic E-state index is 12.2. The first-order chi connectivity index (χ1) is 13.0. The van der Waals surface area contributed by atoms with Gasteiger partial charge < -0.3 is 42.7 Å². The van der Waals surface area contributed by atoms with E-state index < -0.39 is 79.7 Å². The summed E-state index contributed by atoms with van der Waals surface area (Å²) in [5, 5.41) is 32.7. The van der Waals surface area contributed by atoms with Crippen LogP contribution < -0.4 is 27.4 Å². The highest BCUT2D eigenvalue weighted by Crippen LogP contribution is 2.00. The molecule has 3 atom stereocenters. The van der Waals surface area contributed by atoms with Crippen molar-refractivity contribution in [3.05, 3.63) is 0 Å². The average molecular weight is 405 g/mol. The maximum Gasteiger partial charge on any atom is 0.322 e. The monoisotopic (exact) mass is 405 g/mol. The largest absolute Gasteiger partial charge is 0.481 e. The van der Waals surface area contributed by atoms with Crippen molar-refractivity contribution >= 4 is 35.6 Å². The van der Waals surface area contributed by atoms with E-state index in [-0.39, 0.29) is 6.42 Å². The number of hydrogen-bond acceptors (Lipinski definition) is 8. The molecule has 0 aromatic rings. The summed E-state index contributed by atoms with van der Waals surface area (Å²) < 4.78 is 0. The second kappa shape index (κ2) is 12.2. The Morgan fingerprint density at radius 1 is 0.857 bits per heavy atom. The molecule has 0 aliphatic carbocycles. The second-order valence-electron chi connectivity index (χ2n) is 5.63. The van der Waals surface area contributed by atoms with Gasteiger partial charge in [0.15, 0.2) is 0 Å². The quantitative estimate of drug-likeness (QED) is 0.145. The van der Waals surface area contributed by atoms with Gasteiger partial charge in [-0.3, -0.25) is 28.8 Å². The van der Waals surface area contributed by atoms with Crippen LogP contribution in [-0.2, 0) is 28.8 Å². The highest BCUT2D eigenvalue weighted by Gasteiger charge is 2.28. The summed E-state index contributed by atoms with van der Waals surface area (Å²) in [6.45, 7) is -1.66. The molecule has 0 aromatic heterocycles. The average Bonchev–Trinajstić information content (AvgIpc) is 2.59. The van der Waals surface area contributed by atoms with Crippen molar-refractivity contribution in [2.45, 2.75) is 37.4 Å². The predicted octanol–water partition coefficient (Wildman–Crippen LogP) is -4.78. The lowest BCUT2D eigenvalue weighted by Gasteiger charge is -2.22. The lowest BCUT2D eigenvalue weighted by Crippen LogP contribution is -2.57. The van der Waals surface area contributed by atoms with Crippen LogP contribution in [0.3, 0.4) is 0 Å². The van der Waals surface area contributed by atoms with Crippen molar-refractivity contribution < 1.29 is 44.1 Å². The number of nitrogens with two attached hydrogens (primary N) is 2. The zero-order valence-electron chi connectivity index (χ0n) is 14.7. The fourth-order valence-electron chi connectivity index (χ4n) is 1.88. The Morgan fingerprint density at radius 2 is 1.43 bits per heavy atom. The first-order valence-electron chi connectivity index (χ1n) is 7.94. The first-order valence-corrected chi connectivity index (χ1v) is 7.94. The molecule has 10 N–H and O–H groups in total. The lowest BCUT2D eigenvalue weighted by atomic mass is 10.1. The van der Waals surface area contributed by atoms with Crippen LogP contribution in [0.2, 0.25) is 0 Å². The van der Waals surface area contributed by atoms with E-state index in [1.165, 1.54) is 0 Å². The van der Waals surface area contributed by atoms with Gasteiger partial charge in [-0.15, -0.1) is 0 Å². The molecule has 0 radical (unpaired) electrons. The van der Waals surface area contributed by atoms with Crippen molar-refractivity contribution in [1.29, 1.82) is 0 Å². The Kier molecular flexibility index (Phi) is 10.8. The number of carbonyl (C=O) groups excluding carboxylic acids is 4. The molecule has 0 saturated carbocycles. The van der Waals surface area contributed by atoms with Gasteiger partial charge in [0.2, 0.25) is 23.6 Å². The summed E-state index contributed by atoms with van der Waals surface area (Å²) >= 11 is 0. The maximum absolute atomic E-state index is 12.2. The summed E-state index contributed by atoms with van der Waals surface area (Å²) in [5.74, 6) is -6.48. The third-order valence-electron chi connectivity index (χ3n) is 3.27. The summed E-state index contributed by atoms with van der Waals surface area (Å²) in [7, 11) is 0. The van der Waals surface area contributed by atoms with Crippen molar-refractivity contribution in [1.82, 2.24) is 16.0 Å². The van der Waals surface area contributed by atoms with E-state index in [0.717, 1.165) is 0 Å². The second-order valence-corrected chi connectivity index (χ2v) is 5.63. The van der Waals surface area contributed by atoms with Crippen molar-refractivity contribution in [2.75, 3.05) is 13.2 Å². The smallest absolute Gasteiger partial charge is 0.322 e. The summed E-state index contributed by atoms with van der Waals surface area (Å²) in [4.78, 5) is 67.9. The number of primary amides is 1. The summed E-state index contributed by atoms with van der Waals surface area (Å²) in [6.07, 6.45) is -1.41. The topological polar surface area (TPSA) is 251 Å². The van der Waals surface area contributed by atoms with Gasteiger partial charge in [0.25, 0.3) is 0 Å². The van der Waals surface area contributed by atoms with Crippen molar-refractivity contribution in [3.63, 3.8) is 0 Å². The molecule has 4 amide bonds. The van der Waals surface area contributed by atoms with Gasteiger partial charge in [0.1, 0.15) is 18.6 Å². The molecule has 0 rings (SSSR count). The van der Waals surface area contributed by atoms with E-state index in [9.17, 15) is 33.9 Å². The first kappa shape index (κ1) is 24.7. The number of carboxylic acid groups (broad SMARTS) is 2. The molecule has 3 unspecified atom stereocenters. The molecule has 0 aliphatic rings. The molecule has 158 valence electrons. The Bertz CT molecular complexity index is 624. The van der Waals surface area contributed by atoms with Crippen molar-refractivity contribution in [3.8, 4) is 0 Å². The van der Waals surface area contributed by atoms with Gasteiger partial charge in [0.05, 0.1) is 19.1 Å². The fraction of sp³-hybridized carbons (Fsp3) is 0.571. The standard InChI is InChI=1S/C14H23N5O9/c15-6(3-9(16)21)12(26)19-8(5-20)14(28)18-7(1-2-10(22)23)13(27)17-4-11(24)25/h6-8,20H,1-5,15H2,(H2,16,21)(H,17,27)(H,18,28)(H,19,26)(H,22,23)(H,24,25). The number of hydrogen-bond donors (Lipinski definition) is 8. The van der Waals surface area contributed by atoms with Gasteiger partial charge in [0, 0.05) is 6.42 Å². The minimum atomic E-state index is -1.56. The Balaban J connectivity index is 5.03. The number of aliphatic carboxylic acids is 2. The summed E-state index contributed by atoms with van der Waals surface area (Å²) in [5.41, 5.74) is 10.3. The Morgan fingerprint density at radius 3 is 1.89 bits per heavy atom. The molecule has 0 heterocycles. The van der Waals surface area contributed by atoms with Crippen LogP contribution in [0.15, 0.2) is 0 Å². The van der Waals surface area contributed by atoms with Crippen LogP contribution >= 0.6 is 0 Å². The normalized spacial score (nSPS) is 13.5. The molecule has 0 aliphatic heterocycles. The molecule has 0 spiro atoms. The van der Waals surface area contributed by atoms with Crippen LogP contribution in [-0.4, -0.2) is 82.2 Å². The molecular formula is C14H23N5O9. The van der Waals surface area contributed by atoms with Gasteiger partial charge in [-0.2, -0.15) is 0 Å². The van der Waals surface area contributed by atoms with E-state index in [4.69, 9.17) is 21.7 Å². The van der Waals surface area contributed by atoms with E-state index in [1.54, 1.807) is 0 Å². The molecule has 28 heavy (non-hydrogen) atoms. The fourth-order valence-corrected chi connectivity index (χ4v) is 1.88. The third kappa shape index (κ3) is 10.0. The van der Waals surface area contributed by atoms with E-state index in [2.05, 4.69) is 10.6 Å². The molecule has 14 heteroatoms. The summed E-state index contributed by atoms with van der Waals surface area (Å²) in [6, 6.07) is -4.37. The van der Waals surface area contributed by atoms with Crippen LogP contribution in [0.5, 0.6) is 0 Å².